The van der Waals surface area contributed by atoms with Crippen LogP contribution in [0.3, 0.4) is 0 Å². The Balaban J connectivity index is 2.74. The number of nitriles is 1. The molecule has 0 amide bonds. The molecule has 2 heteroatoms. The fourth-order valence-electron chi connectivity index (χ4n) is 2.40. The van der Waals surface area contributed by atoms with E-state index in [1.807, 2.05) is 13.8 Å². The molecule has 0 aliphatic heterocycles. The van der Waals surface area contributed by atoms with Crippen molar-refractivity contribution < 1.29 is 0 Å². The molecule has 0 saturated heterocycles. The van der Waals surface area contributed by atoms with Crippen molar-refractivity contribution in [1.29, 1.82) is 5.26 Å². The van der Waals surface area contributed by atoms with E-state index < -0.39 is 0 Å². The van der Waals surface area contributed by atoms with Crippen LogP contribution in [0.4, 0.5) is 0 Å². The zero-order valence-corrected chi connectivity index (χ0v) is 13.1. The van der Waals surface area contributed by atoms with E-state index in [0.717, 1.165) is 13.1 Å². The van der Waals surface area contributed by atoms with Crippen LogP contribution in [0.2, 0.25) is 0 Å². The molecule has 0 spiro atoms. The predicted molar refractivity (Wildman–Crippen MR) is 81.2 cm³/mol. The van der Waals surface area contributed by atoms with Gasteiger partial charge in [-0.3, -0.25) is 0 Å². The molecule has 0 radical (unpaired) electrons. The van der Waals surface area contributed by atoms with Crippen LogP contribution in [0.25, 0.3) is 0 Å². The molecule has 0 unspecified atom stereocenters. The highest BCUT2D eigenvalue weighted by molar-refractivity contribution is 5.35. The van der Waals surface area contributed by atoms with E-state index >= 15 is 0 Å². The average Bonchev–Trinajstić information content (AvgIpc) is 2.27. The molecular formula is C17H26N2. The Labute approximate surface area is 117 Å². The minimum atomic E-state index is -0.307. The Morgan fingerprint density at radius 2 is 1.74 bits per heavy atom. The van der Waals surface area contributed by atoms with Crippen molar-refractivity contribution in [3.05, 3.63) is 34.9 Å². The molecule has 0 fully saturated rings. The first-order valence-corrected chi connectivity index (χ1v) is 6.88. The summed E-state index contributed by atoms with van der Waals surface area (Å²) in [6, 6.07) is 8.95. The van der Waals surface area contributed by atoms with Crippen LogP contribution in [0, 0.1) is 30.6 Å². The third kappa shape index (κ3) is 4.36. The van der Waals surface area contributed by atoms with E-state index in [4.69, 9.17) is 5.26 Å². The first kappa shape index (κ1) is 15.7. The van der Waals surface area contributed by atoms with Gasteiger partial charge < -0.3 is 5.32 Å². The van der Waals surface area contributed by atoms with Crippen LogP contribution >= 0.6 is 0 Å². The number of nitrogens with one attached hydrogen (secondary N) is 1. The van der Waals surface area contributed by atoms with E-state index in [2.05, 4.69) is 57.3 Å². The monoisotopic (exact) mass is 258 g/mol. The Morgan fingerprint density at radius 3 is 2.26 bits per heavy atom. The molecule has 104 valence electrons. The molecule has 0 aromatic heterocycles. The van der Waals surface area contributed by atoms with Gasteiger partial charge in [0.25, 0.3) is 0 Å². The van der Waals surface area contributed by atoms with Gasteiger partial charge in [0.2, 0.25) is 0 Å². The van der Waals surface area contributed by atoms with Crippen molar-refractivity contribution in [2.24, 2.45) is 5.41 Å². The van der Waals surface area contributed by atoms with Gasteiger partial charge in [0, 0.05) is 18.5 Å². The van der Waals surface area contributed by atoms with E-state index in [1.54, 1.807) is 0 Å². The fraction of sp³-hybridized carbons (Fsp3) is 0.588. The van der Waals surface area contributed by atoms with E-state index in [9.17, 15) is 0 Å². The van der Waals surface area contributed by atoms with Crippen LogP contribution in [0.1, 0.15) is 44.4 Å². The summed E-state index contributed by atoms with van der Waals surface area (Å²) in [4.78, 5) is 0. The van der Waals surface area contributed by atoms with Crippen molar-refractivity contribution in [2.45, 2.75) is 47.0 Å². The lowest BCUT2D eigenvalue weighted by atomic mass is 9.81. The number of rotatable bonds is 5. The number of hydrogen-bond acceptors (Lipinski definition) is 2. The van der Waals surface area contributed by atoms with Crippen LogP contribution in [0.15, 0.2) is 18.2 Å². The van der Waals surface area contributed by atoms with Crippen LogP contribution in [-0.4, -0.2) is 13.1 Å². The van der Waals surface area contributed by atoms with Crippen molar-refractivity contribution in [3.63, 3.8) is 0 Å². The molecule has 1 aromatic rings. The Bertz CT molecular complexity index is 479. The van der Waals surface area contributed by atoms with Gasteiger partial charge in [-0.25, -0.2) is 0 Å². The van der Waals surface area contributed by atoms with Gasteiger partial charge in [-0.2, -0.15) is 5.26 Å². The molecule has 0 atom stereocenters. The number of benzene rings is 1. The second-order valence-corrected chi connectivity index (χ2v) is 6.80. The number of nitrogens with zero attached hydrogens (tertiary/aromatic N) is 1. The first-order valence-electron chi connectivity index (χ1n) is 6.88. The first-order chi connectivity index (χ1) is 8.68. The summed E-state index contributed by atoms with van der Waals surface area (Å²) in [5, 5.41) is 12.5. The zero-order chi connectivity index (χ0) is 14.7. The Kier molecular flexibility index (Phi) is 4.76. The topological polar surface area (TPSA) is 35.8 Å². The number of hydrogen-bond donors (Lipinski definition) is 1. The summed E-state index contributed by atoms with van der Waals surface area (Å²) in [6.45, 7) is 14.3. The highest BCUT2D eigenvalue weighted by Gasteiger charge is 2.24. The molecule has 1 rings (SSSR count). The normalized spacial score (nSPS) is 12.3. The standard InChI is InChI=1S/C17H26N2/c1-13-7-8-15(14(2)9-13)17(5,6)12-19-11-16(3,4)10-18/h7-9,19H,11-12H2,1-6H3. The molecule has 1 N–H and O–H groups in total. The molecule has 1 aromatic carbocycles. The van der Waals surface area contributed by atoms with Crippen molar-refractivity contribution in [1.82, 2.24) is 5.32 Å². The zero-order valence-electron chi connectivity index (χ0n) is 13.1. The Hall–Kier alpha value is -1.33. The minimum Gasteiger partial charge on any atom is -0.314 e. The van der Waals surface area contributed by atoms with Crippen LogP contribution < -0.4 is 5.32 Å². The summed E-state index contributed by atoms with van der Waals surface area (Å²) in [6.07, 6.45) is 0. The highest BCUT2D eigenvalue weighted by Crippen LogP contribution is 2.26. The largest absolute Gasteiger partial charge is 0.314 e. The van der Waals surface area contributed by atoms with Gasteiger partial charge >= 0.3 is 0 Å². The lowest BCUT2D eigenvalue weighted by molar-refractivity contribution is 0.396. The van der Waals surface area contributed by atoms with Gasteiger partial charge in [0.15, 0.2) is 0 Å². The number of aryl methyl sites for hydroxylation is 2. The van der Waals surface area contributed by atoms with E-state index in [0.29, 0.717) is 0 Å². The van der Waals surface area contributed by atoms with Crippen LogP contribution in [-0.2, 0) is 5.41 Å². The quantitative estimate of drug-likeness (QED) is 0.873. The second-order valence-electron chi connectivity index (χ2n) is 6.80. The van der Waals surface area contributed by atoms with Gasteiger partial charge in [0.05, 0.1) is 11.5 Å². The maximum atomic E-state index is 9.03. The molecule has 19 heavy (non-hydrogen) atoms. The summed E-state index contributed by atoms with van der Waals surface area (Å²) in [5.41, 5.74) is 3.78. The van der Waals surface area contributed by atoms with E-state index in [-0.39, 0.29) is 10.8 Å². The SMILES string of the molecule is Cc1ccc(C(C)(C)CNCC(C)(C)C#N)c(C)c1. The summed E-state index contributed by atoms with van der Waals surface area (Å²) >= 11 is 0. The van der Waals surface area contributed by atoms with Gasteiger partial charge in [-0.15, -0.1) is 0 Å². The molecule has 0 aliphatic carbocycles. The predicted octanol–water partition coefficient (Wildman–Crippen LogP) is 3.72. The third-order valence-electron chi connectivity index (χ3n) is 3.55. The highest BCUT2D eigenvalue weighted by atomic mass is 14.9. The lowest BCUT2D eigenvalue weighted by Gasteiger charge is -2.29. The maximum absolute atomic E-state index is 9.03. The smallest absolute Gasteiger partial charge is 0.0697 e. The van der Waals surface area contributed by atoms with Crippen molar-refractivity contribution in [2.75, 3.05) is 13.1 Å². The summed E-state index contributed by atoms with van der Waals surface area (Å²) in [5.74, 6) is 0. The molecule has 0 aliphatic rings. The average molecular weight is 258 g/mol. The molecule has 2 nitrogen and oxygen atoms in total. The lowest BCUT2D eigenvalue weighted by Crippen LogP contribution is -2.38. The molecule has 0 heterocycles. The molecule has 0 bridgehead atoms. The van der Waals surface area contributed by atoms with E-state index in [1.165, 1.54) is 16.7 Å². The molecular weight excluding hydrogens is 232 g/mol. The fourth-order valence-corrected chi connectivity index (χ4v) is 2.40. The van der Waals surface area contributed by atoms with Crippen molar-refractivity contribution in [3.8, 4) is 6.07 Å². The van der Waals surface area contributed by atoms with Crippen molar-refractivity contribution >= 4 is 0 Å². The third-order valence-corrected chi connectivity index (χ3v) is 3.55. The van der Waals surface area contributed by atoms with Crippen LogP contribution in [0.5, 0.6) is 0 Å². The summed E-state index contributed by atoms with van der Waals surface area (Å²) in [7, 11) is 0. The Morgan fingerprint density at radius 1 is 1.11 bits per heavy atom. The van der Waals surface area contributed by atoms with Gasteiger partial charge in [0.1, 0.15) is 0 Å². The second kappa shape index (κ2) is 5.75. The minimum absolute atomic E-state index is 0.0727. The van der Waals surface area contributed by atoms with Gasteiger partial charge in [-0.05, 0) is 38.8 Å². The summed E-state index contributed by atoms with van der Waals surface area (Å²) < 4.78 is 0. The van der Waals surface area contributed by atoms with Gasteiger partial charge in [-0.1, -0.05) is 37.6 Å². The molecule has 0 saturated carbocycles. The maximum Gasteiger partial charge on any atom is 0.0697 e.